The summed E-state index contributed by atoms with van der Waals surface area (Å²) in [4.78, 5) is 0. The van der Waals surface area contributed by atoms with Gasteiger partial charge in [0, 0.05) is 5.69 Å². The molecule has 1 aliphatic heterocycles. The van der Waals surface area contributed by atoms with E-state index in [1.165, 1.54) is 11.1 Å². The Kier molecular flexibility index (Phi) is 3.46. The van der Waals surface area contributed by atoms with Crippen molar-refractivity contribution in [3.8, 4) is 0 Å². The molecule has 0 bridgehead atoms. The molecule has 3 nitrogen and oxygen atoms in total. The predicted octanol–water partition coefficient (Wildman–Crippen LogP) is 3.58. The molecule has 1 atom stereocenters. The molecule has 100 valence electrons. The van der Waals surface area contributed by atoms with Crippen molar-refractivity contribution in [3.63, 3.8) is 0 Å². The number of aromatic nitrogens is 2. The molecule has 4 heteroatoms. The first-order valence-corrected chi connectivity index (χ1v) is 7.35. The minimum absolute atomic E-state index is 0.106. The molecule has 1 aliphatic rings. The number of benzene rings is 1. The molecule has 0 amide bonds. The topological polar surface area (TPSA) is 27.1 Å². The van der Waals surface area contributed by atoms with Gasteiger partial charge in [-0.15, -0.1) is 0 Å². The third kappa shape index (κ3) is 2.35. The van der Waals surface area contributed by atoms with Gasteiger partial charge >= 0.3 is 0 Å². The highest BCUT2D eigenvalue weighted by Gasteiger charge is 2.22. The lowest BCUT2D eigenvalue weighted by atomic mass is 9.97. The first kappa shape index (κ1) is 12.9. The van der Waals surface area contributed by atoms with E-state index in [2.05, 4.69) is 52.2 Å². The summed E-state index contributed by atoms with van der Waals surface area (Å²) < 4.78 is 9.06. The third-order valence-corrected chi connectivity index (χ3v) is 4.87. The van der Waals surface area contributed by atoms with Crippen molar-refractivity contribution in [3.05, 3.63) is 51.3 Å². The average molecular weight is 321 g/mol. The number of rotatable bonds is 2. The fourth-order valence-electron chi connectivity index (χ4n) is 2.64. The summed E-state index contributed by atoms with van der Waals surface area (Å²) in [6.45, 7) is 5.67. The normalized spacial score (nSPS) is 18.4. The third-order valence-electron chi connectivity index (χ3n) is 3.72. The summed E-state index contributed by atoms with van der Waals surface area (Å²) >= 11 is 3.57. The largest absolute Gasteiger partial charge is 0.371 e. The van der Waals surface area contributed by atoms with Crippen molar-refractivity contribution < 1.29 is 4.74 Å². The number of nitrogens with zero attached hydrogens (tertiary/aromatic N) is 2. The van der Waals surface area contributed by atoms with Crippen LogP contribution < -0.4 is 0 Å². The zero-order chi connectivity index (χ0) is 13.4. The van der Waals surface area contributed by atoms with Crippen molar-refractivity contribution in [2.24, 2.45) is 0 Å². The average Bonchev–Trinajstić information content (AvgIpc) is 2.67. The summed E-state index contributed by atoms with van der Waals surface area (Å²) in [6.07, 6.45) is 1.11. The van der Waals surface area contributed by atoms with Crippen LogP contribution in [0.2, 0.25) is 0 Å². The molecule has 19 heavy (non-hydrogen) atoms. The second kappa shape index (κ2) is 5.10. The Labute approximate surface area is 121 Å². The Morgan fingerprint density at radius 2 is 2.16 bits per heavy atom. The molecule has 1 aromatic heterocycles. The number of halogens is 1. The number of fused-ring (bicyclic) bond motifs is 1. The van der Waals surface area contributed by atoms with Crippen LogP contribution in [0.4, 0.5) is 0 Å². The van der Waals surface area contributed by atoms with Crippen LogP contribution >= 0.6 is 15.9 Å². The fraction of sp³-hybridized carbons (Fsp3) is 0.400. The molecule has 0 saturated heterocycles. The van der Waals surface area contributed by atoms with Gasteiger partial charge in [-0.2, -0.15) is 5.10 Å². The van der Waals surface area contributed by atoms with Gasteiger partial charge in [-0.3, -0.25) is 4.68 Å². The summed E-state index contributed by atoms with van der Waals surface area (Å²) in [5.41, 5.74) is 4.89. The summed E-state index contributed by atoms with van der Waals surface area (Å²) in [7, 11) is 0. The highest BCUT2D eigenvalue weighted by atomic mass is 79.9. The molecule has 0 spiro atoms. The number of aryl methyl sites for hydroxylation is 1. The predicted molar refractivity (Wildman–Crippen MR) is 78.2 cm³/mol. The minimum atomic E-state index is 0.106. The van der Waals surface area contributed by atoms with E-state index in [0.717, 1.165) is 35.4 Å². The van der Waals surface area contributed by atoms with Gasteiger partial charge < -0.3 is 4.74 Å². The van der Waals surface area contributed by atoms with Gasteiger partial charge in [-0.05, 0) is 47.3 Å². The molecule has 0 N–H and O–H groups in total. The lowest BCUT2D eigenvalue weighted by molar-refractivity contribution is 0.0278. The van der Waals surface area contributed by atoms with Gasteiger partial charge in [0.1, 0.15) is 6.10 Å². The number of hydrogen-bond donors (Lipinski definition) is 0. The van der Waals surface area contributed by atoms with Crippen LogP contribution in [0.5, 0.6) is 0 Å². The number of hydrogen-bond acceptors (Lipinski definition) is 2. The van der Waals surface area contributed by atoms with Gasteiger partial charge in [-0.25, -0.2) is 0 Å². The Morgan fingerprint density at radius 3 is 2.89 bits per heavy atom. The van der Waals surface area contributed by atoms with Crippen molar-refractivity contribution in [2.75, 3.05) is 6.61 Å². The first-order valence-electron chi connectivity index (χ1n) is 6.55. The zero-order valence-corrected chi connectivity index (χ0v) is 12.8. The quantitative estimate of drug-likeness (QED) is 0.845. The first-order chi connectivity index (χ1) is 9.16. The number of ether oxygens (including phenoxy) is 1. The molecule has 2 heterocycles. The van der Waals surface area contributed by atoms with Crippen LogP contribution in [0.25, 0.3) is 0 Å². The molecule has 0 radical (unpaired) electrons. The smallest absolute Gasteiger partial charge is 0.102 e. The van der Waals surface area contributed by atoms with Crippen LogP contribution in [0.3, 0.4) is 0 Å². The second-order valence-corrected chi connectivity index (χ2v) is 5.77. The van der Waals surface area contributed by atoms with E-state index >= 15 is 0 Å². The molecule has 0 aliphatic carbocycles. The lowest BCUT2D eigenvalue weighted by Crippen LogP contribution is -2.21. The molecular weight excluding hydrogens is 304 g/mol. The summed E-state index contributed by atoms with van der Waals surface area (Å²) in [5, 5.41) is 4.57. The van der Waals surface area contributed by atoms with Crippen molar-refractivity contribution >= 4 is 15.9 Å². The van der Waals surface area contributed by atoms with Crippen molar-refractivity contribution in [1.29, 1.82) is 0 Å². The highest BCUT2D eigenvalue weighted by molar-refractivity contribution is 9.10. The second-order valence-electron chi connectivity index (χ2n) is 4.98. The minimum Gasteiger partial charge on any atom is -0.371 e. The van der Waals surface area contributed by atoms with Crippen LogP contribution in [0, 0.1) is 13.8 Å². The van der Waals surface area contributed by atoms with E-state index in [1.807, 2.05) is 11.6 Å². The maximum Gasteiger partial charge on any atom is 0.102 e. The van der Waals surface area contributed by atoms with Crippen LogP contribution in [-0.2, 0) is 17.7 Å². The lowest BCUT2D eigenvalue weighted by Gasteiger charge is -2.26. The Bertz CT molecular complexity index is 606. The molecule has 2 aromatic rings. The van der Waals surface area contributed by atoms with E-state index < -0.39 is 0 Å². The van der Waals surface area contributed by atoms with Gasteiger partial charge in [-0.1, -0.05) is 24.3 Å². The molecular formula is C15H17BrN2O. The van der Waals surface area contributed by atoms with E-state index in [0.29, 0.717) is 0 Å². The molecule has 0 saturated carbocycles. The summed E-state index contributed by atoms with van der Waals surface area (Å²) in [5.74, 6) is 0. The van der Waals surface area contributed by atoms with Crippen LogP contribution in [-0.4, -0.2) is 16.4 Å². The maximum atomic E-state index is 5.94. The maximum absolute atomic E-state index is 5.94. The molecule has 3 rings (SSSR count). The molecule has 1 aromatic carbocycles. The van der Waals surface area contributed by atoms with Gasteiger partial charge in [0.05, 0.1) is 23.3 Å². The van der Waals surface area contributed by atoms with E-state index in [9.17, 15) is 0 Å². The Hall–Kier alpha value is -1.13. The van der Waals surface area contributed by atoms with E-state index in [-0.39, 0.29) is 6.10 Å². The van der Waals surface area contributed by atoms with Crippen LogP contribution in [0.15, 0.2) is 28.7 Å². The van der Waals surface area contributed by atoms with Gasteiger partial charge in [0.2, 0.25) is 0 Å². The molecule has 1 unspecified atom stereocenters. The van der Waals surface area contributed by atoms with E-state index in [4.69, 9.17) is 4.74 Å². The standard InChI is InChI=1S/C15H17BrN2O/c1-10-15(16)11(2)18(17-10)9-14-13-6-4-3-5-12(13)7-8-19-14/h3-6,14H,7-9H2,1-2H3. The van der Waals surface area contributed by atoms with Crippen LogP contribution in [0.1, 0.15) is 28.6 Å². The molecule has 0 fully saturated rings. The Balaban J connectivity index is 1.90. The Morgan fingerprint density at radius 1 is 1.37 bits per heavy atom. The summed E-state index contributed by atoms with van der Waals surface area (Å²) in [6, 6.07) is 8.54. The van der Waals surface area contributed by atoms with Gasteiger partial charge in [0.15, 0.2) is 0 Å². The zero-order valence-electron chi connectivity index (χ0n) is 11.2. The van der Waals surface area contributed by atoms with E-state index in [1.54, 1.807) is 0 Å². The highest BCUT2D eigenvalue weighted by Crippen LogP contribution is 2.29. The van der Waals surface area contributed by atoms with Gasteiger partial charge in [0.25, 0.3) is 0 Å². The SMILES string of the molecule is Cc1nn(CC2OCCc3ccccc32)c(C)c1Br. The monoisotopic (exact) mass is 320 g/mol. The van der Waals surface area contributed by atoms with Crippen molar-refractivity contribution in [1.82, 2.24) is 9.78 Å². The van der Waals surface area contributed by atoms with Crippen molar-refractivity contribution in [2.45, 2.75) is 32.9 Å². The fourth-order valence-corrected chi connectivity index (χ4v) is 2.92.